The Kier molecular flexibility index (Phi) is 6.36. The summed E-state index contributed by atoms with van der Waals surface area (Å²) in [6.45, 7) is 1.87. The molecule has 6 nitrogen and oxygen atoms in total. The van der Waals surface area contributed by atoms with E-state index in [2.05, 4.69) is 10.5 Å². The van der Waals surface area contributed by atoms with Gasteiger partial charge < -0.3 is 9.47 Å². The molecular weight excluding hydrogens is 356 g/mol. The number of benzene rings is 3. The maximum absolute atomic E-state index is 11.9. The molecule has 0 saturated heterocycles. The molecule has 28 heavy (non-hydrogen) atoms. The first-order chi connectivity index (χ1) is 13.7. The number of nitrogens with zero attached hydrogens (tertiary/aromatic N) is 1. The van der Waals surface area contributed by atoms with Crippen LogP contribution < -0.4 is 10.2 Å². The molecule has 0 heterocycles. The van der Waals surface area contributed by atoms with Crippen molar-refractivity contribution in [2.24, 2.45) is 5.10 Å². The maximum atomic E-state index is 11.9. The molecule has 0 fully saturated rings. The Labute approximate surface area is 162 Å². The first-order valence-electron chi connectivity index (χ1n) is 8.87. The molecule has 0 saturated carbocycles. The van der Waals surface area contributed by atoms with Crippen molar-refractivity contribution in [2.45, 2.75) is 6.92 Å². The molecule has 6 heteroatoms. The zero-order valence-corrected chi connectivity index (χ0v) is 15.4. The Bertz CT molecular complexity index is 992. The van der Waals surface area contributed by atoms with Crippen molar-refractivity contribution in [3.8, 4) is 5.75 Å². The van der Waals surface area contributed by atoms with Crippen molar-refractivity contribution in [3.05, 3.63) is 77.9 Å². The van der Waals surface area contributed by atoms with Crippen LogP contribution in [0.4, 0.5) is 0 Å². The van der Waals surface area contributed by atoms with Gasteiger partial charge in [0, 0.05) is 5.56 Å². The Morgan fingerprint density at radius 1 is 1.00 bits per heavy atom. The molecule has 0 unspecified atom stereocenters. The van der Waals surface area contributed by atoms with Crippen LogP contribution >= 0.6 is 0 Å². The van der Waals surface area contributed by atoms with Gasteiger partial charge >= 0.3 is 5.97 Å². The van der Waals surface area contributed by atoms with Crippen LogP contribution in [0.5, 0.6) is 5.75 Å². The summed E-state index contributed by atoms with van der Waals surface area (Å²) in [5, 5.41) is 6.16. The van der Waals surface area contributed by atoms with Crippen molar-refractivity contribution in [1.29, 1.82) is 0 Å². The highest BCUT2D eigenvalue weighted by molar-refractivity contribution is 6.00. The molecule has 0 bridgehead atoms. The summed E-state index contributed by atoms with van der Waals surface area (Å²) in [4.78, 5) is 23.5. The first kappa shape index (κ1) is 19.1. The minimum Gasteiger partial charge on any atom is -0.484 e. The molecule has 3 aromatic rings. The third kappa shape index (κ3) is 4.94. The number of esters is 1. The highest BCUT2D eigenvalue weighted by Crippen LogP contribution is 2.16. The van der Waals surface area contributed by atoms with Crippen LogP contribution in [0.3, 0.4) is 0 Å². The van der Waals surface area contributed by atoms with E-state index < -0.39 is 5.97 Å². The summed E-state index contributed by atoms with van der Waals surface area (Å²) in [6, 6.07) is 20.2. The molecule has 0 atom stereocenters. The average Bonchev–Trinajstić information content (AvgIpc) is 2.73. The highest BCUT2D eigenvalue weighted by atomic mass is 16.5. The van der Waals surface area contributed by atoms with E-state index in [9.17, 15) is 9.59 Å². The van der Waals surface area contributed by atoms with Crippen molar-refractivity contribution < 1.29 is 19.1 Å². The number of hydrazone groups is 1. The van der Waals surface area contributed by atoms with E-state index in [4.69, 9.17) is 9.47 Å². The smallest absolute Gasteiger partial charge is 0.338 e. The van der Waals surface area contributed by atoms with Crippen LogP contribution in [-0.2, 0) is 9.53 Å². The minimum absolute atomic E-state index is 0.189. The normalized spacial score (nSPS) is 10.8. The number of carbonyl (C=O) groups is 2. The molecule has 0 aliphatic carbocycles. The number of ether oxygens (including phenoxy) is 2. The zero-order valence-electron chi connectivity index (χ0n) is 15.4. The molecule has 3 rings (SSSR count). The lowest BCUT2D eigenvalue weighted by Gasteiger charge is -2.06. The Morgan fingerprint density at radius 2 is 1.75 bits per heavy atom. The largest absolute Gasteiger partial charge is 0.484 e. The third-order valence-corrected chi connectivity index (χ3v) is 3.95. The molecule has 0 aliphatic rings. The predicted molar refractivity (Wildman–Crippen MR) is 108 cm³/mol. The van der Waals surface area contributed by atoms with E-state index in [0.29, 0.717) is 17.9 Å². The summed E-state index contributed by atoms with van der Waals surface area (Å²) < 4.78 is 10.3. The van der Waals surface area contributed by atoms with Gasteiger partial charge in [0.25, 0.3) is 5.91 Å². The molecule has 0 aliphatic heterocycles. The van der Waals surface area contributed by atoms with Crippen molar-refractivity contribution in [3.63, 3.8) is 0 Å². The Hall–Kier alpha value is -3.67. The quantitative estimate of drug-likeness (QED) is 0.389. The van der Waals surface area contributed by atoms with Gasteiger partial charge in [0.1, 0.15) is 5.75 Å². The fraction of sp³-hybridized carbons (Fsp3) is 0.136. The Balaban J connectivity index is 1.52. The van der Waals surface area contributed by atoms with E-state index in [1.54, 1.807) is 37.4 Å². The topological polar surface area (TPSA) is 77.0 Å². The average molecular weight is 376 g/mol. The summed E-state index contributed by atoms with van der Waals surface area (Å²) in [7, 11) is 0. The molecule has 0 aromatic heterocycles. The molecule has 142 valence electrons. The number of carbonyl (C=O) groups excluding carboxylic acids is 2. The van der Waals surface area contributed by atoms with Crippen molar-refractivity contribution in [1.82, 2.24) is 5.43 Å². The number of rotatable bonds is 7. The number of hydrogen-bond donors (Lipinski definition) is 1. The number of fused-ring (bicyclic) bond motifs is 1. The molecule has 0 spiro atoms. The first-order valence-corrected chi connectivity index (χ1v) is 8.87. The van der Waals surface area contributed by atoms with E-state index in [-0.39, 0.29) is 12.5 Å². The molecule has 1 amide bonds. The lowest BCUT2D eigenvalue weighted by molar-refractivity contribution is -0.123. The van der Waals surface area contributed by atoms with Crippen molar-refractivity contribution in [2.75, 3.05) is 13.2 Å². The van der Waals surface area contributed by atoms with Gasteiger partial charge in [-0.1, -0.05) is 42.5 Å². The lowest BCUT2D eigenvalue weighted by Crippen LogP contribution is -2.24. The van der Waals surface area contributed by atoms with Gasteiger partial charge in [-0.15, -0.1) is 0 Å². The Morgan fingerprint density at radius 3 is 2.54 bits per heavy atom. The summed E-state index contributed by atoms with van der Waals surface area (Å²) in [5.41, 5.74) is 3.78. The van der Waals surface area contributed by atoms with E-state index in [0.717, 1.165) is 16.3 Å². The number of amides is 1. The maximum Gasteiger partial charge on any atom is 0.338 e. The lowest BCUT2D eigenvalue weighted by atomic mass is 10.1. The second kappa shape index (κ2) is 9.32. The SMILES string of the molecule is CCOC(=O)c1ccc(OCC(=O)NN=Cc2cccc3ccccc23)cc1. The van der Waals surface area contributed by atoms with Crippen molar-refractivity contribution >= 4 is 28.9 Å². The summed E-state index contributed by atoms with van der Waals surface area (Å²) in [6.07, 6.45) is 1.61. The summed E-state index contributed by atoms with van der Waals surface area (Å²) in [5.74, 6) is -0.304. The van der Waals surface area contributed by atoms with Gasteiger partial charge in [0.15, 0.2) is 6.61 Å². The molecular formula is C22H20N2O4. The van der Waals surface area contributed by atoms with Gasteiger partial charge in [-0.05, 0) is 42.0 Å². The van der Waals surface area contributed by atoms with E-state index >= 15 is 0 Å². The minimum atomic E-state index is -0.394. The fourth-order valence-corrected chi connectivity index (χ4v) is 2.62. The van der Waals surface area contributed by atoms with Crippen LogP contribution in [0.15, 0.2) is 71.8 Å². The van der Waals surface area contributed by atoms with Gasteiger partial charge in [-0.2, -0.15) is 5.10 Å². The van der Waals surface area contributed by atoms with Crippen LogP contribution in [0, 0.1) is 0 Å². The second-order valence-corrected chi connectivity index (χ2v) is 5.90. The standard InChI is InChI=1S/C22H20N2O4/c1-2-27-22(26)17-10-12-19(13-11-17)28-15-21(25)24-23-14-18-8-5-7-16-6-3-4-9-20(16)18/h3-14H,2,15H2,1H3,(H,24,25). The van der Waals surface area contributed by atoms with E-state index in [1.807, 2.05) is 42.5 Å². The zero-order chi connectivity index (χ0) is 19.8. The van der Waals surface area contributed by atoms with Crippen LogP contribution in [0.1, 0.15) is 22.8 Å². The number of hydrogen-bond acceptors (Lipinski definition) is 5. The monoisotopic (exact) mass is 376 g/mol. The number of nitrogens with one attached hydrogen (secondary N) is 1. The molecule has 0 radical (unpaired) electrons. The third-order valence-electron chi connectivity index (χ3n) is 3.95. The highest BCUT2D eigenvalue weighted by Gasteiger charge is 2.07. The second-order valence-electron chi connectivity index (χ2n) is 5.90. The molecule has 3 aromatic carbocycles. The summed E-state index contributed by atoms with van der Waals surface area (Å²) >= 11 is 0. The van der Waals surface area contributed by atoms with Crippen LogP contribution in [0.2, 0.25) is 0 Å². The fourth-order valence-electron chi connectivity index (χ4n) is 2.62. The van der Waals surface area contributed by atoms with E-state index in [1.165, 1.54) is 0 Å². The van der Waals surface area contributed by atoms with Crippen LogP contribution in [0.25, 0.3) is 10.8 Å². The predicted octanol–water partition coefficient (Wildman–Crippen LogP) is 3.55. The van der Waals surface area contributed by atoms with Gasteiger partial charge in [0.2, 0.25) is 0 Å². The van der Waals surface area contributed by atoms with Gasteiger partial charge in [0.05, 0.1) is 18.4 Å². The van der Waals surface area contributed by atoms with Gasteiger partial charge in [-0.3, -0.25) is 4.79 Å². The van der Waals surface area contributed by atoms with Crippen LogP contribution in [-0.4, -0.2) is 31.3 Å². The van der Waals surface area contributed by atoms with Gasteiger partial charge in [-0.25, -0.2) is 10.2 Å². The molecule has 1 N–H and O–H groups in total.